The molecule has 0 spiro atoms. The molecule has 3 rings (SSSR count). The van der Waals surface area contributed by atoms with Gasteiger partial charge in [-0.15, -0.1) is 0 Å². The van der Waals surface area contributed by atoms with Crippen molar-refractivity contribution in [2.24, 2.45) is 5.73 Å². The maximum Gasteiger partial charge on any atom is 0.0734 e. The zero-order chi connectivity index (χ0) is 14.8. The Kier molecular flexibility index (Phi) is 3.54. The Balaban J connectivity index is 2.20. The molecule has 3 aromatic rings. The van der Waals surface area contributed by atoms with Crippen LogP contribution >= 0.6 is 0 Å². The molecule has 0 radical (unpaired) electrons. The highest BCUT2D eigenvalue weighted by molar-refractivity contribution is 5.83. The fourth-order valence-electron chi connectivity index (χ4n) is 2.58. The van der Waals surface area contributed by atoms with Crippen molar-refractivity contribution in [3.63, 3.8) is 0 Å². The largest absolute Gasteiger partial charge is 0.325 e. The molecule has 0 aliphatic carbocycles. The van der Waals surface area contributed by atoms with E-state index < -0.39 is 0 Å². The van der Waals surface area contributed by atoms with E-state index in [0.29, 0.717) is 6.54 Å². The molecule has 0 atom stereocenters. The van der Waals surface area contributed by atoms with Crippen LogP contribution in [0.3, 0.4) is 0 Å². The van der Waals surface area contributed by atoms with Crippen LogP contribution in [0, 0.1) is 13.8 Å². The Hall–Kier alpha value is -2.46. The van der Waals surface area contributed by atoms with Gasteiger partial charge in [0.1, 0.15) is 0 Å². The normalized spacial score (nSPS) is 10.8. The van der Waals surface area contributed by atoms with Crippen LogP contribution in [0.1, 0.15) is 17.0 Å². The van der Waals surface area contributed by atoms with E-state index in [2.05, 4.69) is 34.2 Å². The Morgan fingerprint density at radius 3 is 2.71 bits per heavy atom. The minimum Gasteiger partial charge on any atom is -0.325 e. The molecule has 0 saturated heterocycles. The highest BCUT2D eigenvalue weighted by Crippen LogP contribution is 2.34. The SMILES string of the molecule is Cc1ccccc1-c1[nH]nc(C)c1-c1ccnc(CN)c1. The third-order valence-corrected chi connectivity index (χ3v) is 3.68. The van der Waals surface area contributed by atoms with Gasteiger partial charge in [-0.25, -0.2) is 0 Å². The number of hydrogen-bond donors (Lipinski definition) is 2. The van der Waals surface area contributed by atoms with Gasteiger partial charge in [-0.1, -0.05) is 24.3 Å². The highest BCUT2D eigenvalue weighted by Gasteiger charge is 2.15. The van der Waals surface area contributed by atoms with Crippen LogP contribution in [0.5, 0.6) is 0 Å². The molecule has 4 nitrogen and oxygen atoms in total. The molecule has 1 aromatic carbocycles. The first-order valence-electron chi connectivity index (χ1n) is 6.97. The average Bonchev–Trinajstić information content (AvgIpc) is 2.89. The monoisotopic (exact) mass is 278 g/mol. The van der Waals surface area contributed by atoms with Crippen molar-refractivity contribution in [3.8, 4) is 22.4 Å². The minimum atomic E-state index is 0.435. The minimum absolute atomic E-state index is 0.435. The highest BCUT2D eigenvalue weighted by atomic mass is 15.1. The molecular formula is C17H18N4. The van der Waals surface area contributed by atoms with E-state index >= 15 is 0 Å². The van der Waals surface area contributed by atoms with E-state index in [1.807, 2.05) is 31.2 Å². The Bertz CT molecular complexity index is 774. The molecule has 0 unspecified atom stereocenters. The van der Waals surface area contributed by atoms with Gasteiger partial charge in [-0.3, -0.25) is 10.1 Å². The van der Waals surface area contributed by atoms with Gasteiger partial charge in [0.2, 0.25) is 0 Å². The van der Waals surface area contributed by atoms with Crippen molar-refractivity contribution < 1.29 is 0 Å². The van der Waals surface area contributed by atoms with Crippen molar-refractivity contribution in [2.45, 2.75) is 20.4 Å². The van der Waals surface area contributed by atoms with Crippen molar-refractivity contribution in [3.05, 3.63) is 59.5 Å². The fraction of sp³-hybridized carbons (Fsp3) is 0.176. The van der Waals surface area contributed by atoms with E-state index in [0.717, 1.165) is 28.2 Å². The number of H-pyrrole nitrogens is 1. The Morgan fingerprint density at radius 2 is 1.95 bits per heavy atom. The van der Waals surface area contributed by atoms with Crippen molar-refractivity contribution in [1.82, 2.24) is 15.2 Å². The van der Waals surface area contributed by atoms with Gasteiger partial charge < -0.3 is 5.73 Å². The quantitative estimate of drug-likeness (QED) is 0.773. The van der Waals surface area contributed by atoms with E-state index in [1.165, 1.54) is 11.1 Å². The van der Waals surface area contributed by atoms with E-state index in [9.17, 15) is 0 Å². The summed E-state index contributed by atoms with van der Waals surface area (Å²) < 4.78 is 0. The second kappa shape index (κ2) is 5.50. The van der Waals surface area contributed by atoms with Gasteiger partial charge in [0.05, 0.1) is 17.1 Å². The number of benzene rings is 1. The topological polar surface area (TPSA) is 67.6 Å². The van der Waals surface area contributed by atoms with Gasteiger partial charge in [0, 0.05) is 23.9 Å². The molecule has 2 aromatic heterocycles. The summed E-state index contributed by atoms with van der Waals surface area (Å²) in [5, 5.41) is 7.55. The molecule has 2 heterocycles. The Morgan fingerprint density at radius 1 is 1.14 bits per heavy atom. The van der Waals surface area contributed by atoms with Crippen LogP contribution in [-0.2, 0) is 6.54 Å². The lowest BCUT2D eigenvalue weighted by atomic mass is 9.97. The molecule has 0 saturated carbocycles. The fourth-order valence-corrected chi connectivity index (χ4v) is 2.58. The molecular weight excluding hydrogens is 260 g/mol. The zero-order valence-electron chi connectivity index (χ0n) is 12.2. The van der Waals surface area contributed by atoms with Crippen LogP contribution in [0.15, 0.2) is 42.6 Å². The van der Waals surface area contributed by atoms with Crippen LogP contribution < -0.4 is 5.73 Å². The van der Waals surface area contributed by atoms with Crippen molar-refractivity contribution >= 4 is 0 Å². The van der Waals surface area contributed by atoms with E-state index in [-0.39, 0.29) is 0 Å². The number of aromatic amines is 1. The van der Waals surface area contributed by atoms with Gasteiger partial charge in [-0.05, 0) is 37.1 Å². The third-order valence-electron chi connectivity index (χ3n) is 3.68. The van der Waals surface area contributed by atoms with Gasteiger partial charge in [0.15, 0.2) is 0 Å². The molecule has 0 bridgehead atoms. The summed E-state index contributed by atoms with van der Waals surface area (Å²) in [6, 6.07) is 12.3. The summed E-state index contributed by atoms with van der Waals surface area (Å²) in [5.74, 6) is 0. The number of nitrogens with one attached hydrogen (secondary N) is 1. The second-order valence-electron chi connectivity index (χ2n) is 5.11. The van der Waals surface area contributed by atoms with Gasteiger partial charge in [-0.2, -0.15) is 5.10 Å². The van der Waals surface area contributed by atoms with E-state index in [4.69, 9.17) is 5.73 Å². The lowest BCUT2D eigenvalue weighted by molar-refractivity contribution is 0.991. The predicted molar refractivity (Wildman–Crippen MR) is 84.6 cm³/mol. The lowest BCUT2D eigenvalue weighted by Gasteiger charge is -2.08. The van der Waals surface area contributed by atoms with Crippen LogP contribution in [0.2, 0.25) is 0 Å². The zero-order valence-corrected chi connectivity index (χ0v) is 12.2. The number of rotatable bonds is 3. The van der Waals surface area contributed by atoms with Gasteiger partial charge >= 0.3 is 0 Å². The van der Waals surface area contributed by atoms with Crippen molar-refractivity contribution in [1.29, 1.82) is 0 Å². The predicted octanol–water partition coefficient (Wildman–Crippen LogP) is 3.21. The third kappa shape index (κ3) is 2.45. The molecule has 0 fully saturated rings. The number of hydrogen-bond acceptors (Lipinski definition) is 3. The van der Waals surface area contributed by atoms with Gasteiger partial charge in [0.25, 0.3) is 0 Å². The standard InChI is InChI=1S/C17H18N4/c1-11-5-3-4-6-15(11)17-16(12(2)20-21-17)13-7-8-19-14(9-13)10-18/h3-9H,10,18H2,1-2H3,(H,20,21). The maximum absolute atomic E-state index is 5.70. The van der Waals surface area contributed by atoms with Crippen molar-refractivity contribution in [2.75, 3.05) is 0 Å². The second-order valence-corrected chi connectivity index (χ2v) is 5.11. The lowest BCUT2D eigenvalue weighted by Crippen LogP contribution is -1.99. The number of nitrogens with zero attached hydrogens (tertiary/aromatic N) is 2. The molecule has 3 N–H and O–H groups in total. The Labute approximate surface area is 124 Å². The summed E-state index contributed by atoms with van der Waals surface area (Å²) in [7, 11) is 0. The smallest absolute Gasteiger partial charge is 0.0734 e. The molecule has 106 valence electrons. The number of pyridine rings is 1. The summed E-state index contributed by atoms with van der Waals surface area (Å²) in [6.07, 6.45) is 1.80. The maximum atomic E-state index is 5.70. The molecule has 4 heteroatoms. The number of nitrogens with two attached hydrogens (primary N) is 1. The summed E-state index contributed by atoms with van der Waals surface area (Å²) in [4.78, 5) is 4.26. The number of aryl methyl sites for hydroxylation is 2. The summed E-state index contributed by atoms with van der Waals surface area (Å²) >= 11 is 0. The summed E-state index contributed by atoms with van der Waals surface area (Å²) in [6.45, 7) is 4.55. The molecule has 0 amide bonds. The van der Waals surface area contributed by atoms with Crippen LogP contribution in [0.4, 0.5) is 0 Å². The van der Waals surface area contributed by atoms with E-state index in [1.54, 1.807) is 6.20 Å². The van der Waals surface area contributed by atoms with Crippen LogP contribution in [-0.4, -0.2) is 15.2 Å². The molecule has 0 aliphatic heterocycles. The number of aromatic nitrogens is 3. The first-order chi connectivity index (χ1) is 10.2. The average molecular weight is 278 g/mol. The first kappa shape index (κ1) is 13.5. The first-order valence-corrected chi connectivity index (χ1v) is 6.97. The summed E-state index contributed by atoms with van der Waals surface area (Å²) in [5.41, 5.74) is 13.2. The molecule has 0 aliphatic rings. The molecule has 21 heavy (non-hydrogen) atoms. The van der Waals surface area contributed by atoms with Crippen LogP contribution in [0.25, 0.3) is 22.4 Å².